The van der Waals surface area contributed by atoms with Crippen molar-refractivity contribution >= 4 is 5.97 Å². The molecule has 1 aromatic rings. The van der Waals surface area contributed by atoms with Crippen LogP contribution in [0.4, 0.5) is 0 Å². The summed E-state index contributed by atoms with van der Waals surface area (Å²) in [5.74, 6) is -0.167. The van der Waals surface area contributed by atoms with Crippen LogP contribution < -0.4 is 0 Å². The first-order valence-electron chi connectivity index (χ1n) is 9.11. The number of carbonyl (C=O) groups excluding carboxylic acids is 1. The molecule has 0 heterocycles. The average molecular weight is 335 g/mol. The Hall–Kier alpha value is -1.51. The number of hydrogen-bond acceptors (Lipinski definition) is 3. The van der Waals surface area contributed by atoms with Crippen molar-refractivity contribution in [3.63, 3.8) is 0 Å². The number of ether oxygens (including phenoxy) is 1. The molecule has 0 spiro atoms. The maximum atomic E-state index is 12.4. The van der Waals surface area contributed by atoms with Crippen molar-refractivity contribution in [2.75, 3.05) is 6.61 Å². The molecule has 3 heteroatoms. The van der Waals surface area contributed by atoms with Gasteiger partial charge in [0.1, 0.15) is 5.75 Å². The molecule has 3 nitrogen and oxygen atoms in total. The number of aromatic hydroxyl groups is 1. The lowest BCUT2D eigenvalue weighted by atomic mass is 9.80. The van der Waals surface area contributed by atoms with Crippen molar-refractivity contribution in [3.8, 4) is 5.75 Å². The first kappa shape index (κ1) is 20.5. The predicted molar refractivity (Wildman–Crippen MR) is 99.8 cm³/mol. The van der Waals surface area contributed by atoms with E-state index in [0.717, 1.165) is 35.1 Å². The number of carbonyl (C=O) groups is 1. The second-order valence-corrected chi connectivity index (χ2v) is 7.81. The fourth-order valence-corrected chi connectivity index (χ4v) is 2.90. The van der Waals surface area contributed by atoms with E-state index in [-0.39, 0.29) is 17.3 Å². The molecule has 1 unspecified atom stereocenters. The summed E-state index contributed by atoms with van der Waals surface area (Å²) in [6, 6.07) is 1.97. The van der Waals surface area contributed by atoms with Gasteiger partial charge in [0.05, 0.1) is 12.5 Å². The first-order valence-corrected chi connectivity index (χ1v) is 9.11. The molecule has 136 valence electrons. The van der Waals surface area contributed by atoms with E-state index in [4.69, 9.17) is 4.74 Å². The van der Waals surface area contributed by atoms with Crippen molar-refractivity contribution in [1.82, 2.24) is 0 Å². The second kappa shape index (κ2) is 8.55. The molecule has 0 aliphatic rings. The van der Waals surface area contributed by atoms with E-state index in [1.54, 1.807) is 0 Å². The summed E-state index contributed by atoms with van der Waals surface area (Å²) in [4.78, 5) is 12.4. The molecule has 1 rings (SSSR count). The Balaban J connectivity index is 2.96. The normalized spacial score (nSPS) is 13.0. The van der Waals surface area contributed by atoms with Crippen molar-refractivity contribution in [3.05, 3.63) is 28.3 Å². The lowest BCUT2D eigenvalue weighted by Crippen LogP contribution is -2.18. The lowest BCUT2D eigenvalue weighted by molar-refractivity contribution is -0.145. The number of esters is 1. The summed E-state index contributed by atoms with van der Waals surface area (Å²) in [5, 5.41) is 10.5. The SMILES string of the molecule is CCCCCCOC(=O)C(C)c1cc(C(C)(C)C)c(O)c(C)c1C. The highest BCUT2D eigenvalue weighted by Crippen LogP contribution is 2.38. The van der Waals surface area contributed by atoms with E-state index in [0.29, 0.717) is 12.4 Å². The molecule has 0 saturated carbocycles. The van der Waals surface area contributed by atoms with Crippen LogP contribution in [-0.4, -0.2) is 17.7 Å². The maximum Gasteiger partial charge on any atom is 0.313 e. The Morgan fingerprint density at radius 2 is 1.79 bits per heavy atom. The van der Waals surface area contributed by atoms with Crippen LogP contribution in [0.25, 0.3) is 0 Å². The fraction of sp³-hybridized carbons (Fsp3) is 0.667. The van der Waals surface area contributed by atoms with Crippen LogP contribution in [0, 0.1) is 13.8 Å². The number of rotatable bonds is 7. The van der Waals surface area contributed by atoms with Crippen LogP contribution in [0.2, 0.25) is 0 Å². The highest BCUT2D eigenvalue weighted by Gasteiger charge is 2.26. The van der Waals surface area contributed by atoms with Crippen LogP contribution in [0.5, 0.6) is 5.75 Å². The molecule has 1 aromatic carbocycles. The van der Waals surface area contributed by atoms with E-state index in [1.165, 1.54) is 12.8 Å². The second-order valence-electron chi connectivity index (χ2n) is 7.81. The molecule has 0 radical (unpaired) electrons. The topological polar surface area (TPSA) is 46.5 Å². The molecule has 1 N–H and O–H groups in total. The summed E-state index contributed by atoms with van der Waals surface area (Å²) in [6.07, 6.45) is 4.38. The van der Waals surface area contributed by atoms with E-state index < -0.39 is 0 Å². The minimum absolute atomic E-state index is 0.179. The zero-order chi connectivity index (χ0) is 18.5. The van der Waals surface area contributed by atoms with Gasteiger partial charge in [-0.25, -0.2) is 0 Å². The third-order valence-electron chi connectivity index (χ3n) is 4.78. The van der Waals surface area contributed by atoms with Crippen molar-refractivity contribution in [2.24, 2.45) is 0 Å². The smallest absolute Gasteiger partial charge is 0.313 e. The van der Waals surface area contributed by atoms with Crippen LogP contribution in [0.3, 0.4) is 0 Å². The summed E-state index contributed by atoms with van der Waals surface area (Å²) in [6.45, 7) is 14.6. The number of hydrogen-bond donors (Lipinski definition) is 1. The van der Waals surface area contributed by atoms with E-state index in [2.05, 4.69) is 27.7 Å². The molecule has 0 aliphatic heterocycles. The van der Waals surface area contributed by atoms with Crippen molar-refractivity contribution < 1.29 is 14.6 Å². The van der Waals surface area contributed by atoms with Crippen molar-refractivity contribution in [2.45, 2.75) is 85.5 Å². The van der Waals surface area contributed by atoms with Gasteiger partial charge in [0.2, 0.25) is 0 Å². The molecule has 0 aliphatic carbocycles. The molecule has 0 bridgehead atoms. The Morgan fingerprint density at radius 1 is 1.17 bits per heavy atom. The molecular formula is C21H34O3. The van der Waals surface area contributed by atoms with E-state index in [1.807, 2.05) is 26.8 Å². The van der Waals surface area contributed by atoms with Gasteiger partial charge in [0, 0.05) is 0 Å². The minimum atomic E-state index is -0.323. The Morgan fingerprint density at radius 3 is 2.33 bits per heavy atom. The van der Waals surface area contributed by atoms with Crippen LogP contribution in [-0.2, 0) is 14.9 Å². The van der Waals surface area contributed by atoms with Gasteiger partial charge in [0.25, 0.3) is 0 Å². The van der Waals surface area contributed by atoms with E-state index in [9.17, 15) is 9.90 Å². The van der Waals surface area contributed by atoms with Gasteiger partial charge in [-0.2, -0.15) is 0 Å². The number of phenolic OH excluding ortho intramolecular Hbond substituents is 1. The van der Waals surface area contributed by atoms with Gasteiger partial charge in [-0.1, -0.05) is 53.0 Å². The Kier molecular flexibility index (Phi) is 7.31. The number of phenols is 1. The number of unbranched alkanes of at least 4 members (excludes halogenated alkanes) is 3. The summed E-state index contributed by atoms with van der Waals surface area (Å²) < 4.78 is 5.45. The molecule has 0 fully saturated rings. The Labute approximate surface area is 147 Å². The lowest BCUT2D eigenvalue weighted by Gasteiger charge is -2.25. The zero-order valence-corrected chi connectivity index (χ0v) is 16.5. The largest absolute Gasteiger partial charge is 0.507 e. The van der Waals surface area contributed by atoms with Gasteiger partial charge in [-0.3, -0.25) is 4.79 Å². The van der Waals surface area contributed by atoms with E-state index >= 15 is 0 Å². The average Bonchev–Trinajstić information content (AvgIpc) is 2.50. The first-order chi connectivity index (χ1) is 11.1. The highest BCUT2D eigenvalue weighted by atomic mass is 16.5. The maximum absolute atomic E-state index is 12.4. The molecule has 24 heavy (non-hydrogen) atoms. The molecule has 0 saturated heterocycles. The van der Waals surface area contributed by atoms with Gasteiger partial charge >= 0.3 is 5.97 Å². The van der Waals surface area contributed by atoms with Crippen LogP contribution in [0.1, 0.15) is 88.5 Å². The predicted octanol–water partition coefficient (Wildman–Crippen LogP) is 5.53. The van der Waals surface area contributed by atoms with Gasteiger partial charge in [-0.15, -0.1) is 0 Å². The molecule has 0 amide bonds. The quantitative estimate of drug-likeness (QED) is 0.526. The van der Waals surface area contributed by atoms with Gasteiger partial charge < -0.3 is 9.84 Å². The number of benzene rings is 1. The highest BCUT2D eigenvalue weighted by molar-refractivity contribution is 5.79. The van der Waals surface area contributed by atoms with Crippen LogP contribution in [0.15, 0.2) is 6.07 Å². The third-order valence-corrected chi connectivity index (χ3v) is 4.78. The standard InChI is InChI=1S/C21H34O3/c1-8-9-10-11-12-24-20(23)16(4)17-13-18(21(5,6)7)19(22)15(3)14(17)2/h13,16,22H,8-12H2,1-7H3. The third kappa shape index (κ3) is 4.99. The molecule has 1 atom stereocenters. The monoisotopic (exact) mass is 334 g/mol. The van der Waals surface area contributed by atoms with Crippen molar-refractivity contribution in [1.29, 1.82) is 0 Å². The molecular weight excluding hydrogens is 300 g/mol. The zero-order valence-electron chi connectivity index (χ0n) is 16.5. The van der Waals surface area contributed by atoms with Crippen LogP contribution >= 0.6 is 0 Å². The summed E-state index contributed by atoms with van der Waals surface area (Å²) >= 11 is 0. The fourth-order valence-electron chi connectivity index (χ4n) is 2.90. The minimum Gasteiger partial charge on any atom is -0.507 e. The van der Waals surface area contributed by atoms with Gasteiger partial charge in [-0.05, 0) is 54.9 Å². The Bertz CT molecular complexity index is 567. The summed E-state index contributed by atoms with van der Waals surface area (Å²) in [7, 11) is 0. The molecule has 0 aromatic heterocycles. The van der Waals surface area contributed by atoms with Gasteiger partial charge in [0.15, 0.2) is 0 Å². The summed E-state index contributed by atoms with van der Waals surface area (Å²) in [5.41, 5.74) is 3.47.